The fourth-order valence-corrected chi connectivity index (χ4v) is 3.55. The molecule has 2 amide bonds. The molecule has 0 fully saturated rings. The van der Waals surface area contributed by atoms with Crippen LogP contribution in [0, 0.1) is 12.8 Å². The molecule has 37 heavy (non-hydrogen) atoms. The molecule has 2 aromatic carbocycles. The standard InChI is InChI=1S/C27H32N2O8/c1-16(2)25(29-23(31)13-19-12-17(3)10-11-22(19)36-4)26(34)28-20(14-24(32)33)21(30)15-37-27(35)18-8-6-5-7-9-18/h5-12,16,20,25H,13-15H2,1-4H3,(H,28,34)(H,29,31)(H,32,33)/t20?,25-/m0/s1. The maximum atomic E-state index is 13.0. The Bertz CT molecular complexity index is 1130. The molecule has 0 aromatic heterocycles. The highest BCUT2D eigenvalue weighted by molar-refractivity contribution is 5.97. The van der Waals surface area contributed by atoms with Crippen molar-refractivity contribution in [3.05, 3.63) is 65.2 Å². The Morgan fingerprint density at radius 2 is 1.65 bits per heavy atom. The first-order chi connectivity index (χ1) is 17.5. The van der Waals surface area contributed by atoms with Gasteiger partial charge in [0.1, 0.15) is 17.8 Å². The molecule has 0 radical (unpaired) electrons. The van der Waals surface area contributed by atoms with Gasteiger partial charge >= 0.3 is 11.9 Å². The quantitative estimate of drug-likeness (QED) is 0.346. The van der Waals surface area contributed by atoms with Gasteiger partial charge in [-0.2, -0.15) is 0 Å². The maximum absolute atomic E-state index is 13.0. The average Bonchev–Trinajstić information content (AvgIpc) is 2.85. The summed E-state index contributed by atoms with van der Waals surface area (Å²) in [5, 5.41) is 14.3. The Kier molecular flexibility index (Phi) is 10.8. The Morgan fingerprint density at radius 1 is 0.973 bits per heavy atom. The summed E-state index contributed by atoms with van der Waals surface area (Å²) in [6.07, 6.45) is -0.763. The van der Waals surface area contributed by atoms with Gasteiger partial charge in [0, 0.05) is 5.56 Å². The summed E-state index contributed by atoms with van der Waals surface area (Å²) >= 11 is 0. The van der Waals surface area contributed by atoms with E-state index in [9.17, 15) is 29.1 Å². The molecule has 10 heteroatoms. The minimum absolute atomic E-state index is 0.0473. The average molecular weight is 513 g/mol. The number of ketones is 1. The summed E-state index contributed by atoms with van der Waals surface area (Å²) < 4.78 is 10.3. The Hall–Kier alpha value is -4.21. The fourth-order valence-electron chi connectivity index (χ4n) is 3.55. The molecule has 0 aliphatic rings. The van der Waals surface area contributed by atoms with Crippen LogP contribution in [0.15, 0.2) is 48.5 Å². The molecule has 0 heterocycles. The highest BCUT2D eigenvalue weighted by Gasteiger charge is 2.30. The van der Waals surface area contributed by atoms with E-state index in [1.807, 2.05) is 13.0 Å². The minimum Gasteiger partial charge on any atom is -0.496 e. The number of methoxy groups -OCH3 is 1. The van der Waals surface area contributed by atoms with Crippen molar-refractivity contribution >= 4 is 29.5 Å². The lowest BCUT2D eigenvalue weighted by atomic mass is 10.0. The number of aryl methyl sites for hydroxylation is 1. The van der Waals surface area contributed by atoms with Crippen LogP contribution in [0.5, 0.6) is 5.75 Å². The summed E-state index contributed by atoms with van der Waals surface area (Å²) in [5.74, 6) is -3.90. The molecular weight excluding hydrogens is 480 g/mol. The Morgan fingerprint density at radius 3 is 2.24 bits per heavy atom. The normalized spacial score (nSPS) is 12.2. The van der Waals surface area contributed by atoms with Crippen LogP contribution in [-0.4, -0.2) is 60.4 Å². The van der Waals surface area contributed by atoms with E-state index < -0.39 is 54.6 Å². The van der Waals surface area contributed by atoms with Crippen molar-refractivity contribution in [2.24, 2.45) is 5.92 Å². The highest BCUT2D eigenvalue weighted by atomic mass is 16.5. The van der Waals surface area contributed by atoms with Gasteiger partial charge in [0.25, 0.3) is 0 Å². The van der Waals surface area contributed by atoms with Gasteiger partial charge < -0.3 is 25.2 Å². The molecule has 198 valence electrons. The molecule has 0 saturated heterocycles. The van der Waals surface area contributed by atoms with Crippen LogP contribution in [0.3, 0.4) is 0 Å². The second-order valence-electron chi connectivity index (χ2n) is 8.85. The molecule has 0 aliphatic carbocycles. The second kappa shape index (κ2) is 13.8. The van der Waals surface area contributed by atoms with Crippen molar-refractivity contribution in [2.75, 3.05) is 13.7 Å². The largest absolute Gasteiger partial charge is 0.496 e. The number of benzene rings is 2. The summed E-state index contributed by atoms with van der Waals surface area (Å²) in [7, 11) is 1.49. The third-order valence-electron chi connectivity index (χ3n) is 5.49. The van der Waals surface area contributed by atoms with Crippen LogP contribution in [0.2, 0.25) is 0 Å². The number of nitrogens with one attached hydrogen (secondary N) is 2. The van der Waals surface area contributed by atoms with E-state index in [1.54, 1.807) is 44.2 Å². The van der Waals surface area contributed by atoms with Crippen LogP contribution in [0.1, 0.15) is 41.8 Å². The number of carbonyl (C=O) groups excluding carboxylic acids is 4. The van der Waals surface area contributed by atoms with Crippen LogP contribution in [0.4, 0.5) is 0 Å². The number of carboxylic acid groups (broad SMARTS) is 1. The van der Waals surface area contributed by atoms with Gasteiger partial charge in [0.2, 0.25) is 11.8 Å². The predicted molar refractivity (Wildman–Crippen MR) is 134 cm³/mol. The number of carbonyl (C=O) groups is 5. The van der Waals surface area contributed by atoms with Gasteiger partial charge in [-0.1, -0.05) is 49.7 Å². The number of amides is 2. The lowest BCUT2D eigenvalue weighted by Crippen LogP contribution is -2.54. The highest BCUT2D eigenvalue weighted by Crippen LogP contribution is 2.20. The zero-order valence-electron chi connectivity index (χ0n) is 21.3. The van der Waals surface area contributed by atoms with Gasteiger partial charge in [-0.15, -0.1) is 0 Å². The first-order valence-corrected chi connectivity index (χ1v) is 11.7. The number of aliphatic carboxylic acids is 1. The number of carboxylic acids is 1. The van der Waals surface area contributed by atoms with Crippen LogP contribution < -0.4 is 15.4 Å². The van der Waals surface area contributed by atoms with Crippen LogP contribution in [-0.2, 0) is 30.3 Å². The molecule has 0 spiro atoms. The van der Waals surface area contributed by atoms with Gasteiger partial charge in [0.15, 0.2) is 12.4 Å². The lowest BCUT2D eigenvalue weighted by Gasteiger charge is -2.24. The van der Waals surface area contributed by atoms with E-state index in [-0.39, 0.29) is 17.9 Å². The lowest BCUT2D eigenvalue weighted by molar-refractivity contribution is -0.141. The first-order valence-electron chi connectivity index (χ1n) is 11.7. The number of ether oxygens (including phenoxy) is 2. The van der Waals surface area contributed by atoms with Gasteiger partial charge in [0.05, 0.1) is 25.5 Å². The molecule has 0 aliphatic heterocycles. The maximum Gasteiger partial charge on any atom is 0.338 e. The summed E-state index contributed by atoms with van der Waals surface area (Å²) in [6, 6.07) is 10.9. The van der Waals surface area contributed by atoms with Crippen molar-refractivity contribution < 1.29 is 38.6 Å². The van der Waals surface area contributed by atoms with Crippen LogP contribution in [0.25, 0.3) is 0 Å². The summed E-state index contributed by atoms with van der Waals surface area (Å²) in [6.45, 7) is 4.56. The zero-order chi connectivity index (χ0) is 27.5. The molecule has 3 N–H and O–H groups in total. The monoisotopic (exact) mass is 512 g/mol. The molecule has 0 bridgehead atoms. The van der Waals surface area contributed by atoms with E-state index in [4.69, 9.17) is 9.47 Å². The van der Waals surface area contributed by atoms with Crippen LogP contribution >= 0.6 is 0 Å². The summed E-state index contributed by atoms with van der Waals surface area (Å²) in [4.78, 5) is 61.9. The van der Waals surface area contributed by atoms with E-state index in [2.05, 4.69) is 10.6 Å². The van der Waals surface area contributed by atoms with E-state index >= 15 is 0 Å². The molecule has 1 unspecified atom stereocenters. The zero-order valence-corrected chi connectivity index (χ0v) is 21.3. The second-order valence-corrected chi connectivity index (χ2v) is 8.85. The molecule has 10 nitrogen and oxygen atoms in total. The van der Waals surface area contributed by atoms with Crippen molar-refractivity contribution in [1.82, 2.24) is 10.6 Å². The molecule has 0 saturated carbocycles. The van der Waals surface area contributed by atoms with Gasteiger partial charge in [-0.3, -0.25) is 19.2 Å². The van der Waals surface area contributed by atoms with E-state index in [1.165, 1.54) is 19.2 Å². The number of rotatable bonds is 13. The molecular formula is C27H32N2O8. The minimum atomic E-state index is -1.46. The fraction of sp³-hybridized carbons (Fsp3) is 0.370. The molecule has 2 aromatic rings. The van der Waals surface area contributed by atoms with Crippen molar-refractivity contribution in [3.63, 3.8) is 0 Å². The van der Waals surface area contributed by atoms with E-state index in [0.717, 1.165) is 5.56 Å². The van der Waals surface area contributed by atoms with Crippen molar-refractivity contribution in [1.29, 1.82) is 0 Å². The Labute approximate surface area is 215 Å². The van der Waals surface area contributed by atoms with Gasteiger partial charge in [-0.25, -0.2) is 4.79 Å². The molecule has 2 rings (SSSR count). The van der Waals surface area contributed by atoms with Gasteiger partial charge in [-0.05, 0) is 31.0 Å². The first kappa shape index (κ1) is 29.0. The van der Waals surface area contributed by atoms with E-state index in [0.29, 0.717) is 11.3 Å². The number of Topliss-reactive ketones (excluding diaryl/α,β-unsaturated/α-hetero) is 1. The molecule has 2 atom stereocenters. The summed E-state index contributed by atoms with van der Waals surface area (Å²) in [5.41, 5.74) is 1.80. The number of hydrogen-bond acceptors (Lipinski definition) is 7. The SMILES string of the molecule is COc1ccc(C)cc1CC(=O)N[C@H](C(=O)NC(CC(=O)O)C(=O)COC(=O)c1ccccc1)C(C)C. The number of esters is 1. The topological polar surface area (TPSA) is 148 Å². The third-order valence-corrected chi connectivity index (χ3v) is 5.49. The number of hydrogen-bond donors (Lipinski definition) is 3. The third kappa shape index (κ3) is 9.06. The predicted octanol–water partition coefficient (Wildman–Crippen LogP) is 2.07. The smallest absolute Gasteiger partial charge is 0.338 e. The Balaban J connectivity index is 2.06. The van der Waals surface area contributed by atoms with Crippen molar-refractivity contribution in [3.8, 4) is 5.75 Å². The van der Waals surface area contributed by atoms with Crippen molar-refractivity contribution in [2.45, 2.75) is 45.7 Å².